The highest BCUT2D eigenvalue weighted by Gasteiger charge is 2.09. The van der Waals surface area contributed by atoms with Crippen LogP contribution in [0.4, 0.5) is 5.69 Å². The quantitative estimate of drug-likeness (QED) is 0.827. The van der Waals surface area contributed by atoms with Gasteiger partial charge in [-0.3, -0.25) is 0 Å². The first kappa shape index (κ1) is 15.2. The van der Waals surface area contributed by atoms with E-state index in [1.165, 1.54) is 12.1 Å². The number of hydrogen-bond acceptors (Lipinski definition) is 3. The number of benzene rings is 2. The summed E-state index contributed by atoms with van der Waals surface area (Å²) in [6, 6.07) is 16.0. The number of methoxy groups -OCH3 is 1. The fourth-order valence-corrected chi connectivity index (χ4v) is 2.33. The van der Waals surface area contributed by atoms with E-state index in [1.54, 1.807) is 13.2 Å². The summed E-state index contributed by atoms with van der Waals surface area (Å²) in [5, 5.41) is 9.69. The average Bonchev–Trinajstić information content (AvgIpc) is 2.53. The third-order valence-corrected chi connectivity index (χ3v) is 3.52. The van der Waals surface area contributed by atoms with Crippen molar-refractivity contribution in [2.45, 2.75) is 26.3 Å². The van der Waals surface area contributed by atoms with Gasteiger partial charge in [0.25, 0.3) is 0 Å². The number of nitrogens with zero attached hydrogens (tertiary/aromatic N) is 1. The number of phenols is 1. The number of ether oxygens (including phenoxy) is 1. The van der Waals surface area contributed by atoms with Crippen LogP contribution in [-0.4, -0.2) is 18.8 Å². The van der Waals surface area contributed by atoms with Gasteiger partial charge in [-0.2, -0.15) is 0 Å². The minimum atomic E-state index is 0.182. The van der Waals surface area contributed by atoms with E-state index < -0.39 is 0 Å². The zero-order valence-electron chi connectivity index (χ0n) is 12.7. The maximum atomic E-state index is 9.69. The second kappa shape index (κ2) is 7.58. The normalized spacial score (nSPS) is 10.4. The summed E-state index contributed by atoms with van der Waals surface area (Å²) < 4.78 is 5.19. The Bertz CT molecular complexity index is 554. The van der Waals surface area contributed by atoms with E-state index in [1.807, 2.05) is 18.2 Å². The molecule has 0 unspecified atom stereocenters. The summed E-state index contributed by atoms with van der Waals surface area (Å²) in [4.78, 5) is 2.36. The molecular formula is C18H23NO2. The van der Waals surface area contributed by atoms with Gasteiger partial charge in [0, 0.05) is 18.8 Å². The van der Waals surface area contributed by atoms with Crippen LogP contribution in [0.3, 0.4) is 0 Å². The topological polar surface area (TPSA) is 32.7 Å². The highest BCUT2D eigenvalue weighted by Crippen LogP contribution is 2.27. The molecular weight excluding hydrogens is 262 g/mol. The van der Waals surface area contributed by atoms with Gasteiger partial charge in [-0.25, -0.2) is 0 Å². The molecule has 0 radical (unpaired) electrons. The summed E-state index contributed by atoms with van der Waals surface area (Å²) in [5.74, 6) is 0.706. The number of aromatic hydroxyl groups is 1. The lowest BCUT2D eigenvalue weighted by atomic mass is 10.1. The van der Waals surface area contributed by atoms with Gasteiger partial charge in [0.1, 0.15) is 0 Å². The third kappa shape index (κ3) is 4.15. The Kier molecular flexibility index (Phi) is 5.50. The van der Waals surface area contributed by atoms with E-state index >= 15 is 0 Å². The van der Waals surface area contributed by atoms with E-state index in [0.29, 0.717) is 5.75 Å². The zero-order chi connectivity index (χ0) is 15.1. The Hall–Kier alpha value is -2.16. The third-order valence-electron chi connectivity index (χ3n) is 3.52. The molecule has 3 heteroatoms. The van der Waals surface area contributed by atoms with Gasteiger partial charge in [0.15, 0.2) is 11.5 Å². The molecule has 0 saturated carbocycles. The monoisotopic (exact) mass is 285 g/mol. The molecule has 112 valence electrons. The van der Waals surface area contributed by atoms with Crippen molar-refractivity contribution in [3.05, 3.63) is 54.1 Å². The molecule has 2 aromatic carbocycles. The summed E-state index contributed by atoms with van der Waals surface area (Å²) in [5.41, 5.74) is 2.35. The van der Waals surface area contributed by atoms with Gasteiger partial charge < -0.3 is 14.7 Å². The molecule has 3 nitrogen and oxygen atoms in total. The minimum Gasteiger partial charge on any atom is -0.504 e. The fourth-order valence-electron chi connectivity index (χ4n) is 2.33. The first-order valence-corrected chi connectivity index (χ1v) is 7.40. The molecule has 0 aliphatic heterocycles. The van der Waals surface area contributed by atoms with Crippen LogP contribution in [-0.2, 0) is 6.54 Å². The zero-order valence-corrected chi connectivity index (χ0v) is 12.7. The molecule has 21 heavy (non-hydrogen) atoms. The van der Waals surface area contributed by atoms with Crippen LogP contribution < -0.4 is 9.64 Å². The second-order valence-electron chi connectivity index (χ2n) is 5.12. The van der Waals surface area contributed by atoms with E-state index in [4.69, 9.17) is 4.74 Å². The van der Waals surface area contributed by atoms with Crippen LogP contribution in [0.25, 0.3) is 0 Å². The molecule has 0 atom stereocenters. The molecule has 0 fully saturated rings. The van der Waals surface area contributed by atoms with Gasteiger partial charge >= 0.3 is 0 Å². The molecule has 0 aromatic heterocycles. The first-order valence-electron chi connectivity index (χ1n) is 7.40. The van der Waals surface area contributed by atoms with Gasteiger partial charge in [-0.1, -0.05) is 37.6 Å². The number of unbranched alkanes of at least 4 members (excludes halogenated alkanes) is 1. The highest BCUT2D eigenvalue weighted by atomic mass is 16.5. The standard InChI is InChI=1S/C18H23NO2/c1-3-4-12-19(16-8-6-5-7-9-16)14-15-10-11-17(20)18(13-15)21-2/h5-11,13,20H,3-4,12,14H2,1-2H3. The summed E-state index contributed by atoms with van der Waals surface area (Å²) in [6.07, 6.45) is 2.33. The predicted octanol–water partition coefficient (Wildman–Crippen LogP) is 4.21. The van der Waals surface area contributed by atoms with Gasteiger partial charge in [-0.05, 0) is 36.2 Å². The molecule has 0 bridgehead atoms. The van der Waals surface area contributed by atoms with Gasteiger partial charge in [-0.15, -0.1) is 0 Å². The molecule has 0 spiro atoms. The van der Waals surface area contributed by atoms with Crippen LogP contribution in [0.5, 0.6) is 11.5 Å². The Morgan fingerprint density at radius 1 is 1.10 bits per heavy atom. The lowest BCUT2D eigenvalue weighted by Crippen LogP contribution is -2.23. The van der Waals surface area contributed by atoms with Crippen molar-refractivity contribution < 1.29 is 9.84 Å². The van der Waals surface area contributed by atoms with E-state index in [2.05, 4.69) is 36.1 Å². The Labute approximate surface area is 126 Å². The Balaban J connectivity index is 2.18. The number of phenolic OH excluding ortho intramolecular Hbond substituents is 1. The molecule has 0 aliphatic carbocycles. The Morgan fingerprint density at radius 3 is 2.52 bits per heavy atom. The van der Waals surface area contributed by atoms with E-state index in [-0.39, 0.29) is 5.75 Å². The minimum absolute atomic E-state index is 0.182. The van der Waals surface area contributed by atoms with Gasteiger partial charge in [0.05, 0.1) is 7.11 Å². The van der Waals surface area contributed by atoms with Crippen molar-refractivity contribution in [1.29, 1.82) is 0 Å². The SMILES string of the molecule is CCCCN(Cc1ccc(O)c(OC)c1)c1ccccc1. The van der Waals surface area contributed by atoms with E-state index in [0.717, 1.165) is 25.1 Å². The molecule has 0 saturated heterocycles. The maximum Gasteiger partial charge on any atom is 0.160 e. The number of para-hydroxylation sites is 1. The van der Waals surface area contributed by atoms with Crippen molar-refractivity contribution in [1.82, 2.24) is 0 Å². The first-order chi connectivity index (χ1) is 10.2. The summed E-state index contributed by atoms with van der Waals surface area (Å²) in [6.45, 7) is 4.02. The molecule has 0 heterocycles. The molecule has 2 aromatic rings. The van der Waals surface area contributed by atoms with Crippen molar-refractivity contribution in [2.24, 2.45) is 0 Å². The molecule has 0 amide bonds. The van der Waals surface area contributed by atoms with Crippen LogP contribution in [0.2, 0.25) is 0 Å². The highest BCUT2D eigenvalue weighted by molar-refractivity contribution is 5.48. The van der Waals surface area contributed by atoms with Crippen molar-refractivity contribution in [3.63, 3.8) is 0 Å². The van der Waals surface area contributed by atoms with Crippen LogP contribution >= 0.6 is 0 Å². The number of anilines is 1. The van der Waals surface area contributed by atoms with Crippen LogP contribution in [0, 0.1) is 0 Å². The molecule has 0 aliphatic rings. The van der Waals surface area contributed by atoms with Gasteiger partial charge in [0.2, 0.25) is 0 Å². The summed E-state index contributed by atoms with van der Waals surface area (Å²) >= 11 is 0. The van der Waals surface area contributed by atoms with Crippen molar-refractivity contribution in [3.8, 4) is 11.5 Å². The molecule has 2 rings (SSSR count). The van der Waals surface area contributed by atoms with Crippen molar-refractivity contribution >= 4 is 5.69 Å². The molecule has 1 N–H and O–H groups in total. The fraction of sp³-hybridized carbons (Fsp3) is 0.333. The summed E-state index contributed by atoms with van der Waals surface area (Å²) in [7, 11) is 1.57. The number of hydrogen-bond donors (Lipinski definition) is 1. The van der Waals surface area contributed by atoms with E-state index in [9.17, 15) is 5.11 Å². The Morgan fingerprint density at radius 2 is 1.86 bits per heavy atom. The average molecular weight is 285 g/mol. The van der Waals surface area contributed by atoms with Crippen LogP contribution in [0.1, 0.15) is 25.3 Å². The number of rotatable bonds is 7. The van der Waals surface area contributed by atoms with Crippen molar-refractivity contribution in [2.75, 3.05) is 18.6 Å². The largest absolute Gasteiger partial charge is 0.504 e. The lowest BCUT2D eigenvalue weighted by molar-refractivity contribution is 0.373. The van der Waals surface area contributed by atoms with Crippen LogP contribution in [0.15, 0.2) is 48.5 Å². The second-order valence-corrected chi connectivity index (χ2v) is 5.12. The smallest absolute Gasteiger partial charge is 0.160 e. The lowest BCUT2D eigenvalue weighted by Gasteiger charge is -2.25. The predicted molar refractivity (Wildman–Crippen MR) is 87.1 cm³/mol. The maximum absolute atomic E-state index is 9.69.